The van der Waals surface area contributed by atoms with E-state index in [1.165, 1.54) is 10.7 Å². The Morgan fingerprint density at radius 3 is 2.58 bits per heavy atom. The van der Waals surface area contributed by atoms with Crippen LogP contribution in [0.4, 0.5) is 8.78 Å². The zero-order valence-corrected chi connectivity index (χ0v) is 9.68. The van der Waals surface area contributed by atoms with Crippen LogP contribution in [0.5, 0.6) is 0 Å². The highest BCUT2D eigenvalue weighted by molar-refractivity contribution is 6.12. The van der Waals surface area contributed by atoms with Gasteiger partial charge in [-0.1, -0.05) is 6.07 Å². The molecular weight excluding hydrogens is 250 g/mol. The fourth-order valence-corrected chi connectivity index (χ4v) is 1.95. The van der Waals surface area contributed by atoms with Gasteiger partial charge in [-0.2, -0.15) is 5.10 Å². The van der Waals surface area contributed by atoms with Gasteiger partial charge in [-0.25, -0.2) is 13.3 Å². The number of hydrogen-bond donors (Lipinski definition) is 0. The minimum absolute atomic E-state index is 0.0312. The Balaban J connectivity index is 2.13. The van der Waals surface area contributed by atoms with E-state index < -0.39 is 17.4 Å². The lowest BCUT2D eigenvalue weighted by Gasteiger charge is -2.00. The van der Waals surface area contributed by atoms with Crippen LogP contribution < -0.4 is 0 Å². The van der Waals surface area contributed by atoms with E-state index in [4.69, 9.17) is 0 Å². The summed E-state index contributed by atoms with van der Waals surface area (Å²) in [6.45, 7) is 0. The summed E-state index contributed by atoms with van der Waals surface area (Å²) < 4.78 is 27.8. The van der Waals surface area contributed by atoms with Gasteiger partial charge in [0.2, 0.25) is 0 Å². The summed E-state index contributed by atoms with van der Waals surface area (Å²) in [6.07, 6.45) is 3.08. The molecule has 94 valence electrons. The monoisotopic (exact) mass is 258 g/mol. The van der Waals surface area contributed by atoms with E-state index in [9.17, 15) is 13.6 Å². The van der Waals surface area contributed by atoms with Gasteiger partial charge in [-0.05, 0) is 24.3 Å². The van der Waals surface area contributed by atoms with Crippen LogP contribution in [0.3, 0.4) is 0 Å². The number of ketones is 1. The Morgan fingerprint density at radius 1 is 1.11 bits per heavy atom. The Kier molecular flexibility index (Phi) is 2.59. The molecule has 0 spiro atoms. The first-order valence-corrected chi connectivity index (χ1v) is 5.58. The van der Waals surface area contributed by atoms with Gasteiger partial charge in [0, 0.05) is 17.8 Å². The summed E-state index contributed by atoms with van der Waals surface area (Å²) in [4.78, 5) is 12.2. The van der Waals surface area contributed by atoms with Gasteiger partial charge in [-0.3, -0.25) is 4.79 Å². The third kappa shape index (κ3) is 1.99. The lowest BCUT2D eigenvalue weighted by atomic mass is 10.0. The second-order valence-electron chi connectivity index (χ2n) is 4.08. The molecule has 1 aromatic carbocycles. The largest absolute Gasteiger partial charge is 0.288 e. The third-order valence-electron chi connectivity index (χ3n) is 2.80. The molecule has 0 N–H and O–H groups in total. The Hall–Kier alpha value is -2.56. The molecule has 0 aliphatic rings. The number of halogens is 2. The van der Waals surface area contributed by atoms with E-state index in [0.29, 0.717) is 11.1 Å². The summed E-state index contributed by atoms with van der Waals surface area (Å²) in [5.41, 5.74) is 0.874. The number of pyridine rings is 1. The predicted molar refractivity (Wildman–Crippen MR) is 65.0 cm³/mol. The van der Waals surface area contributed by atoms with E-state index in [1.807, 2.05) is 0 Å². The molecule has 2 aromatic heterocycles. The molecule has 0 aliphatic carbocycles. The highest BCUT2D eigenvalue weighted by Crippen LogP contribution is 2.17. The maximum absolute atomic E-state index is 13.1. The summed E-state index contributed by atoms with van der Waals surface area (Å²) in [7, 11) is 0. The summed E-state index contributed by atoms with van der Waals surface area (Å²) in [5, 5.41) is 4.02. The lowest BCUT2D eigenvalue weighted by Crippen LogP contribution is -2.02. The van der Waals surface area contributed by atoms with Crippen LogP contribution in [-0.4, -0.2) is 15.4 Å². The van der Waals surface area contributed by atoms with Crippen molar-refractivity contribution >= 4 is 11.3 Å². The number of nitrogens with zero attached hydrogens (tertiary/aromatic N) is 2. The zero-order chi connectivity index (χ0) is 13.4. The molecule has 3 nitrogen and oxygen atoms in total. The van der Waals surface area contributed by atoms with Gasteiger partial charge in [0.1, 0.15) is 11.6 Å². The molecule has 0 atom stereocenters. The van der Waals surface area contributed by atoms with Crippen LogP contribution in [0.15, 0.2) is 48.8 Å². The number of carbonyl (C=O) groups is 1. The van der Waals surface area contributed by atoms with Crippen LogP contribution in [0.25, 0.3) is 5.52 Å². The number of carbonyl (C=O) groups excluding carboxylic acids is 1. The van der Waals surface area contributed by atoms with Crippen molar-refractivity contribution in [1.82, 2.24) is 9.61 Å². The van der Waals surface area contributed by atoms with Gasteiger partial charge in [0.25, 0.3) is 0 Å². The van der Waals surface area contributed by atoms with Crippen molar-refractivity contribution in [3.8, 4) is 0 Å². The van der Waals surface area contributed by atoms with Gasteiger partial charge in [0.15, 0.2) is 5.78 Å². The molecule has 2 heterocycles. The van der Waals surface area contributed by atoms with Crippen LogP contribution in [0.1, 0.15) is 15.9 Å². The van der Waals surface area contributed by atoms with Crippen molar-refractivity contribution in [3.63, 3.8) is 0 Å². The predicted octanol–water partition coefficient (Wildman–Crippen LogP) is 2.84. The van der Waals surface area contributed by atoms with E-state index in [2.05, 4.69) is 5.10 Å². The minimum Gasteiger partial charge on any atom is -0.288 e. The number of aromatic nitrogens is 2. The van der Waals surface area contributed by atoms with Gasteiger partial charge >= 0.3 is 0 Å². The van der Waals surface area contributed by atoms with Crippen molar-refractivity contribution in [2.75, 3.05) is 0 Å². The molecular formula is C14H8F2N2O. The molecule has 0 fully saturated rings. The Bertz CT molecular complexity index is 760. The number of rotatable bonds is 2. The van der Waals surface area contributed by atoms with Gasteiger partial charge in [-0.15, -0.1) is 0 Å². The summed E-state index contributed by atoms with van der Waals surface area (Å²) in [5.74, 6) is -2.01. The molecule has 19 heavy (non-hydrogen) atoms. The average Bonchev–Trinajstić information content (AvgIpc) is 2.80. The smallest absolute Gasteiger partial charge is 0.197 e. The Labute approximate surface area is 107 Å². The molecule has 0 radical (unpaired) electrons. The molecule has 0 bridgehead atoms. The molecule has 0 amide bonds. The normalized spacial score (nSPS) is 10.8. The molecule has 0 saturated heterocycles. The van der Waals surface area contributed by atoms with Crippen molar-refractivity contribution in [2.45, 2.75) is 0 Å². The second-order valence-corrected chi connectivity index (χ2v) is 4.08. The van der Waals surface area contributed by atoms with Gasteiger partial charge < -0.3 is 0 Å². The average molecular weight is 258 g/mol. The lowest BCUT2D eigenvalue weighted by molar-refractivity contribution is 0.103. The summed E-state index contributed by atoms with van der Waals surface area (Å²) in [6, 6.07) is 8.01. The molecule has 0 aliphatic heterocycles. The fourth-order valence-electron chi connectivity index (χ4n) is 1.95. The first kappa shape index (κ1) is 11.5. The van der Waals surface area contributed by atoms with E-state index in [1.54, 1.807) is 24.4 Å². The Morgan fingerprint density at radius 2 is 1.84 bits per heavy atom. The van der Waals surface area contributed by atoms with E-state index in [0.717, 1.165) is 18.2 Å². The van der Waals surface area contributed by atoms with Crippen molar-refractivity contribution in [3.05, 3.63) is 71.6 Å². The first-order valence-electron chi connectivity index (χ1n) is 5.58. The van der Waals surface area contributed by atoms with Crippen LogP contribution in [-0.2, 0) is 0 Å². The second kappa shape index (κ2) is 4.28. The molecule has 3 rings (SSSR count). The molecule has 3 aromatic rings. The minimum atomic E-state index is -0.778. The van der Waals surface area contributed by atoms with Crippen LogP contribution in [0.2, 0.25) is 0 Å². The third-order valence-corrected chi connectivity index (χ3v) is 2.80. The van der Waals surface area contributed by atoms with Crippen molar-refractivity contribution in [2.24, 2.45) is 0 Å². The number of hydrogen-bond acceptors (Lipinski definition) is 2. The topological polar surface area (TPSA) is 34.4 Å². The van der Waals surface area contributed by atoms with E-state index >= 15 is 0 Å². The quantitative estimate of drug-likeness (QED) is 0.662. The summed E-state index contributed by atoms with van der Waals surface area (Å²) >= 11 is 0. The maximum Gasteiger partial charge on any atom is 0.197 e. The highest BCUT2D eigenvalue weighted by Gasteiger charge is 2.16. The fraction of sp³-hybridized carbons (Fsp3) is 0. The molecule has 5 heteroatoms. The zero-order valence-electron chi connectivity index (χ0n) is 9.68. The van der Waals surface area contributed by atoms with Crippen molar-refractivity contribution in [1.29, 1.82) is 0 Å². The highest BCUT2D eigenvalue weighted by atomic mass is 19.1. The SMILES string of the molecule is O=C(c1cc(F)cc(F)c1)c1cnn2ccccc12. The van der Waals surface area contributed by atoms with Gasteiger partial charge in [0.05, 0.1) is 17.3 Å². The first-order chi connectivity index (χ1) is 9.15. The van der Waals surface area contributed by atoms with Crippen molar-refractivity contribution < 1.29 is 13.6 Å². The molecule has 0 saturated carbocycles. The standard InChI is InChI=1S/C14H8F2N2O/c15-10-5-9(6-11(16)7-10)14(19)12-8-17-18-4-2-1-3-13(12)18/h1-8H. The van der Waals surface area contributed by atoms with Crippen LogP contribution in [0, 0.1) is 11.6 Å². The van der Waals surface area contributed by atoms with E-state index in [-0.39, 0.29) is 5.56 Å². The maximum atomic E-state index is 13.1. The molecule has 0 unspecified atom stereocenters. The number of fused-ring (bicyclic) bond motifs is 1. The number of benzene rings is 1. The van der Waals surface area contributed by atoms with Crippen LogP contribution >= 0.6 is 0 Å².